The molecule has 0 radical (unpaired) electrons. The number of aliphatic hydroxyl groups is 2. The second kappa shape index (κ2) is 6.00. The van der Waals surface area contributed by atoms with Gasteiger partial charge in [0.05, 0.1) is 13.2 Å². The van der Waals surface area contributed by atoms with Gasteiger partial charge in [-0.1, -0.05) is 12.1 Å². The van der Waals surface area contributed by atoms with Gasteiger partial charge in [-0.05, 0) is 17.7 Å². The zero-order chi connectivity index (χ0) is 12.1. The Bertz CT molecular complexity index is 332. The summed E-state index contributed by atoms with van der Waals surface area (Å²) in [6, 6.07) is 8.06. The minimum Gasteiger partial charge on any atom is -0.395 e. The van der Waals surface area contributed by atoms with Gasteiger partial charge in [0, 0.05) is 38.4 Å². The van der Waals surface area contributed by atoms with Gasteiger partial charge >= 0.3 is 0 Å². The van der Waals surface area contributed by atoms with Crippen LogP contribution in [0.3, 0.4) is 0 Å². The van der Waals surface area contributed by atoms with Gasteiger partial charge in [0.2, 0.25) is 0 Å². The molecule has 0 spiro atoms. The number of aliphatic hydroxyl groups excluding tert-OH is 2. The third-order valence-electron chi connectivity index (χ3n) is 3.27. The van der Waals surface area contributed by atoms with Crippen molar-refractivity contribution in [3.05, 3.63) is 29.8 Å². The SMILES string of the molecule is OCCN1CCN(c2ccc(CO)cc2)CC1. The number of anilines is 1. The predicted octanol–water partition coefficient (Wildman–Crippen LogP) is 0.293. The highest BCUT2D eigenvalue weighted by Gasteiger charge is 2.16. The van der Waals surface area contributed by atoms with Gasteiger partial charge < -0.3 is 15.1 Å². The van der Waals surface area contributed by atoms with Crippen molar-refractivity contribution in [2.75, 3.05) is 44.2 Å². The van der Waals surface area contributed by atoms with Crippen LogP contribution in [0.15, 0.2) is 24.3 Å². The standard InChI is InChI=1S/C13H20N2O2/c16-10-9-14-5-7-15(8-6-14)13-3-1-12(11-17)2-4-13/h1-4,16-17H,5-11H2. The molecule has 4 heteroatoms. The van der Waals surface area contributed by atoms with E-state index in [4.69, 9.17) is 10.2 Å². The fourth-order valence-corrected chi connectivity index (χ4v) is 2.18. The Hall–Kier alpha value is -1.10. The highest BCUT2D eigenvalue weighted by Crippen LogP contribution is 2.17. The molecule has 0 amide bonds. The van der Waals surface area contributed by atoms with E-state index in [0.717, 1.165) is 38.3 Å². The third-order valence-corrected chi connectivity index (χ3v) is 3.27. The molecular formula is C13H20N2O2. The molecule has 1 heterocycles. The lowest BCUT2D eigenvalue weighted by Gasteiger charge is -2.35. The molecule has 4 nitrogen and oxygen atoms in total. The average molecular weight is 236 g/mol. The van der Waals surface area contributed by atoms with E-state index >= 15 is 0 Å². The minimum atomic E-state index is 0.102. The van der Waals surface area contributed by atoms with Gasteiger partial charge in [0.25, 0.3) is 0 Å². The smallest absolute Gasteiger partial charge is 0.0681 e. The van der Waals surface area contributed by atoms with Crippen molar-refractivity contribution in [3.8, 4) is 0 Å². The van der Waals surface area contributed by atoms with Crippen molar-refractivity contribution in [2.45, 2.75) is 6.61 Å². The highest BCUT2D eigenvalue weighted by molar-refractivity contribution is 5.48. The van der Waals surface area contributed by atoms with Crippen molar-refractivity contribution < 1.29 is 10.2 Å². The van der Waals surface area contributed by atoms with Crippen LogP contribution in [0, 0.1) is 0 Å². The summed E-state index contributed by atoms with van der Waals surface area (Å²) in [6.07, 6.45) is 0. The summed E-state index contributed by atoms with van der Waals surface area (Å²) in [7, 11) is 0. The largest absolute Gasteiger partial charge is 0.395 e. The molecule has 1 fully saturated rings. The lowest BCUT2D eigenvalue weighted by molar-refractivity contribution is 0.189. The lowest BCUT2D eigenvalue weighted by atomic mass is 10.2. The first-order valence-electron chi connectivity index (χ1n) is 6.11. The molecule has 2 N–H and O–H groups in total. The Labute approximate surface area is 102 Å². The second-order valence-electron chi connectivity index (χ2n) is 4.38. The van der Waals surface area contributed by atoms with E-state index in [1.54, 1.807) is 0 Å². The summed E-state index contributed by atoms with van der Waals surface area (Å²) in [4.78, 5) is 4.62. The summed E-state index contributed by atoms with van der Waals surface area (Å²) >= 11 is 0. The van der Waals surface area contributed by atoms with Crippen LogP contribution in [0.4, 0.5) is 5.69 Å². The molecule has 17 heavy (non-hydrogen) atoms. The summed E-state index contributed by atoms with van der Waals surface area (Å²) in [6.45, 7) is 5.12. The number of nitrogens with zero attached hydrogens (tertiary/aromatic N) is 2. The highest BCUT2D eigenvalue weighted by atomic mass is 16.3. The molecule has 0 bridgehead atoms. The first-order chi connectivity index (χ1) is 8.33. The van der Waals surface area contributed by atoms with E-state index in [-0.39, 0.29) is 13.2 Å². The van der Waals surface area contributed by atoms with Gasteiger partial charge in [-0.2, -0.15) is 0 Å². The number of benzene rings is 1. The molecule has 0 atom stereocenters. The fourth-order valence-electron chi connectivity index (χ4n) is 2.18. The molecule has 0 saturated carbocycles. The van der Waals surface area contributed by atoms with Crippen LogP contribution in [0.1, 0.15) is 5.56 Å². The Balaban J connectivity index is 1.91. The number of β-amino-alcohol motifs (C(OH)–C–C–N with tert-alkyl or cyclic N) is 1. The zero-order valence-electron chi connectivity index (χ0n) is 10.0. The van der Waals surface area contributed by atoms with E-state index in [2.05, 4.69) is 21.9 Å². The quantitative estimate of drug-likeness (QED) is 0.789. The molecule has 1 aliphatic rings. The number of piperazine rings is 1. The number of rotatable bonds is 4. The maximum Gasteiger partial charge on any atom is 0.0681 e. The molecule has 0 unspecified atom stereocenters. The van der Waals surface area contributed by atoms with Gasteiger partial charge in [-0.3, -0.25) is 4.90 Å². The lowest BCUT2D eigenvalue weighted by Crippen LogP contribution is -2.47. The molecule has 94 valence electrons. The number of hydrogen-bond acceptors (Lipinski definition) is 4. The van der Waals surface area contributed by atoms with Crippen LogP contribution in [0.25, 0.3) is 0 Å². The van der Waals surface area contributed by atoms with Crippen LogP contribution >= 0.6 is 0 Å². The molecule has 1 saturated heterocycles. The summed E-state index contributed by atoms with van der Waals surface area (Å²) < 4.78 is 0. The van der Waals surface area contributed by atoms with Crippen LogP contribution in [0.2, 0.25) is 0 Å². The Kier molecular flexibility index (Phi) is 4.36. The molecule has 0 aromatic heterocycles. The van der Waals surface area contributed by atoms with Crippen LogP contribution in [-0.4, -0.2) is 54.4 Å². The molecule has 1 aromatic carbocycles. The molecule has 1 aliphatic heterocycles. The first-order valence-corrected chi connectivity index (χ1v) is 6.11. The van der Waals surface area contributed by atoms with Gasteiger partial charge in [0.15, 0.2) is 0 Å². The van der Waals surface area contributed by atoms with E-state index in [9.17, 15) is 0 Å². The Morgan fingerprint density at radius 2 is 1.59 bits per heavy atom. The molecular weight excluding hydrogens is 216 g/mol. The fraction of sp³-hybridized carbons (Fsp3) is 0.538. The summed E-state index contributed by atoms with van der Waals surface area (Å²) in [5.74, 6) is 0. The van der Waals surface area contributed by atoms with Crippen molar-refractivity contribution in [3.63, 3.8) is 0 Å². The Morgan fingerprint density at radius 3 is 2.12 bits per heavy atom. The first kappa shape index (κ1) is 12.4. The van der Waals surface area contributed by atoms with E-state index in [0.29, 0.717) is 0 Å². The maximum absolute atomic E-state index is 8.99. The van der Waals surface area contributed by atoms with Crippen molar-refractivity contribution in [1.29, 1.82) is 0 Å². The number of hydrogen-bond donors (Lipinski definition) is 2. The van der Waals surface area contributed by atoms with Gasteiger partial charge in [0.1, 0.15) is 0 Å². The second-order valence-corrected chi connectivity index (χ2v) is 4.38. The maximum atomic E-state index is 8.99. The molecule has 2 rings (SSSR count). The summed E-state index contributed by atoms with van der Waals surface area (Å²) in [5.41, 5.74) is 2.17. The Morgan fingerprint density at radius 1 is 0.941 bits per heavy atom. The summed E-state index contributed by atoms with van der Waals surface area (Å²) in [5, 5.41) is 17.9. The normalized spacial score (nSPS) is 17.4. The van der Waals surface area contributed by atoms with Crippen molar-refractivity contribution in [2.24, 2.45) is 0 Å². The van der Waals surface area contributed by atoms with E-state index < -0.39 is 0 Å². The monoisotopic (exact) mass is 236 g/mol. The van der Waals surface area contributed by atoms with Gasteiger partial charge in [-0.25, -0.2) is 0 Å². The topological polar surface area (TPSA) is 46.9 Å². The van der Waals surface area contributed by atoms with Crippen LogP contribution in [0.5, 0.6) is 0 Å². The van der Waals surface area contributed by atoms with E-state index in [1.807, 2.05) is 12.1 Å². The van der Waals surface area contributed by atoms with Gasteiger partial charge in [-0.15, -0.1) is 0 Å². The average Bonchev–Trinajstić information content (AvgIpc) is 2.40. The van der Waals surface area contributed by atoms with E-state index in [1.165, 1.54) is 5.69 Å². The van der Waals surface area contributed by atoms with Crippen molar-refractivity contribution >= 4 is 5.69 Å². The zero-order valence-corrected chi connectivity index (χ0v) is 10.0. The third kappa shape index (κ3) is 3.19. The minimum absolute atomic E-state index is 0.102. The van der Waals surface area contributed by atoms with Crippen LogP contribution < -0.4 is 4.90 Å². The predicted molar refractivity (Wildman–Crippen MR) is 68.1 cm³/mol. The molecule has 0 aliphatic carbocycles. The molecule has 1 aromatic rings. The van der Waals surface area contributed by atoms with Crippen molar-refractivity contribution in [1.82, 2.24) is 4.90 Å². The van der Waals surface area contributed by atoms with Crippen LogP contribution in [-0.2, 0) is 6.61 Å².